The molecule has 5 nitrogen and oxygen atoms in total. The van der Waals surface area contributed by atoms with Crippen LogP contribution in [0.25, 0.3) is 11.3 Å². The Kier molecular flexibility index (Phi) is 5.21. The first-order valence-electron chi connectivity index (χ1n) is 7.27. The van der Waals surface area contributed by atoms with Gasteiger partial charge in [0.25, 0.3) is 0 Å². The van der Waals surface area contributed by atoms with Crippen molar-refractivity contribution in [2.24, 2.45) is 5.92 Å². The molecule has 1 N–H and O–H groups in total. The van der Waals surface area contributed by atoms with Crippen LogP contribution in [0, 0.1) is 17.2 Å². The maximum absolute atomic E-state index is 11.8. The lowest BCUT2D eigenvalue weighted by Gasteiger charge is -2.11. The molecule has 0 radical (unpaired) electrons. The van der Waals surface area contributed by atoms with Crippen LogP contribution in [0.4, 0.5) is 0 Å². The number of carboxylic acid groups (broad SMARTS) is 1. The fraction of sp³-hybridized carbons (Fsp3) is 0.222. The van der Waals surface area contributed by atoms with Gasteiger partial charge in [0.15, 0.2) is 0 Å². The zero-order valence-electron chi connectivity index (χ0n) is 12.7. The number of carbonyl (C=O) groups excluding carboxylic acids is 1. The number of nitrogens with zero attached hydrogens (tertiary/aromatic N) is 2. The maximum atomic E-state index is 11.8. The molecule has 5 heteroatoms. The smallest absolute Gasteiger partial charge is 0.314 e. The molecule has 1 aromatic heterocycles. The minimum atomic E-state index is -1.14. The average Bonchev–Trinajstić information content (AvgIpc) is 2.59. The molecule has 0 aliphatic rings. The number of carboxylic acids is 1. The second-order valence-corrected chi connectivity index (χ2v) is 5.09. The Morgan fingerprint density at radius 1 is 1.22 bits per heavy atom. The van der Waals surface area contributed by atoms with Gasteiger partial charge in [-0.3, -0.25) is 14.6 Å². The highest BCUT2D eigenvalue weighted by Crippen LogP contribution is 2.22. The van der Waals surface area contributed by atoms with Crippen molar-refractivity contribution in [3.63, 3.8) is 0 Å². The normalized spacial score (nSPS) is 11.5. The van der Waals surface area contributed by atoms with Gasteiger partial charge in [0.2, 0.25) is 0 Å². The summed E-state index contributed by atoms with van der Waals surface area (Å²) < 4.78 is 0. The van der Waals surface area contributed by atoms with Gasteiger partial charge >= 0.3 is 5.97 Å². The van der Waals surface area contributed by atoms with Crippen LogP contribution in [0.3, 0.4) is 0 Å². The molecule has 116 valence electrons. The van der Waals surface area contributed by atoms with Crippen molar-refractivity contribution >= 4 is 11.8 Å². The van der Waals surface area contributed by atoms with E-state index in [1.165, 1.54) is 0 Å². The number of pyridine rings is 1. The Labute approximate surface area is 134 Å². The second kappa shape index (κ2) is 7.32. The predicted octanol–water partition coefficient (Wildman–Crippen LogP) is 2.84. The number of hydrogen-bond donors (Lipinski definition) is 1. The van der Waals surface area contributed by atoms with Crippen molar-refractivity contribution in [3.05, 3.63) is 53.7 Å². The predicted molar refractivity (Wildman–Crippen MR) is 84.5 cm³/mol. The van der Waals surface area contributed by atoms with Crippen molar-refractivity contribution < 1.29 is 14.7 Å². The summed E-state index contributed by atoms with van der Waals surface area (Å²) in [5.74, 6) is -2.54. The van der Waals surface area contributed by atoms with E-state index in [1.807, 2.05) is 6.07 Å². The van der Waals surface area contributed by atoms with Gasteiger partial charge in [0, 0.05) is 24.1 Å². The van der Waals surface area contributed by atoms with Gasteiger partial charge in [-0.1, -0.05) is 31.2 Å². The van der Waals surface area contributed by atoms with Crippen LogP contribution in [0.2, 0.25) is 0 Å². The van der Waals surface area contributed by atoms with Crippen LogP contribution >= 0.6 is 0 Å². The van der Waals surface area contributed by atoms with Crippen LogP contribution in [-0.2, 0) is 16.0 Å². The molecule has 0 aliphatic carbocycles. The zero-order chi connectivity index (χ0) is 16.8. The van der Waals surface area contributed by atoms with Crippen molar-refractivity contribution in [2.45, 2.75) is 19.8 Å². The molecule has 1 unspecified atom stereocenters. The number of aromatic nitrogens is 1. The van der Waals surface area contributed by atoms with Crippen LogP contribution in [-0.4, -0.2) is 21.8 Å². The SMILES string of the molecule is CCC(=O)C(Cc1cccc(-c2ccccc2C#N)n1)C(=O)O. The molecule has 1 atom stereocenters. The molecule has 0 aliphatic heterocycles. The number of rotatable bonds is 6. The highest BCUT2D eigenvalue weighted by molar-refractivity contribution is 5.98. The summed E-state index contributed by atoms with van der Waals surface area (Å²) in [7, 11) is 0. The van der Waals surface area contributed by atoms with E-state index in [0.717, 1.165) is 0 Å². The number of nitriles is 1. The van der Waals surface area contributed by atoms with E-state index in [2.05, 4.69) is 11.1 Å². The largest absolute Gasteiger partial charge is 0.481 e. The summed E-state index contributed by atoms with van der Waals surface area (Å²) in [5.41, 5.74) is 2.29. The third-order valence-corrected chi connectivity index (χ3v) is 3.58. The van der Waals surface area contributed by atoms with E-state index in [4.69, 9.17) is 0 Å². The third-order valence-electron chi connectivity index (χ3n) is 3.58. The van der Waals surface area contributed by atoms with E-state index in [0.29, 0.717) is 22.5 Å². The number of carbonyl (C=O) groups is 2. The maximum Gasteiger partial charge on any atom is 0.314 e. The molecule has 1 aromatic carbocycles. The molecule has 0 saturated heterocycles. The van der Waals surface area contributed by atoms with Gasteiger partial charge in [-0.15, -0.1) is 0 Å². The molecular weight excluding hydrogens is 292 g/mol. The van der Waals surface area contributed by atoms with Crippen molar-refractivity contribution in [2.75, 3.05) is 0 Å². The number of aliphatic carboxylic acids is 1. The van der Waals surface area contributed by atoms with Gasteiger partial charge in [-0.25, -0.2) is 0 Å². The first-order chi connectivity index (χ1) is 11.1. The molecule has 23 heavy (non-hydrogen) atoms. The number of ketones is 1. The van der Waals surface area contributed by atoms with E-state index in [-0.39, 0.29) is 18.6 Å². The lowest BCUT2D eigenvalue weighted by Crippen LogP contribution is -2.25. The number of hydrogen-bond acceptors (Lipinski definition) is 4. The van der Waals surface area contributed by atoms with Gasteiger partial charge in [-0.2, -0.15) is 5.26 Å². The van der Waals surface area contributed by atoms with E-state index >= 15 is 0 Å². The minimum Gasteiger partial charge on any atom is -0.481 e. The van der Waals surface area contributed by atoms with Gasteiger partial charge in [0.1, 0.15) is 11.7 Å². The zero-order valence-corrected chi connectivity index (χ0v) is 12.7. The number of benzene rings is 1. The summed E-state index contributed by atoms with van der Waals surface area (Å²) in [4.78, 5) is 27.5. The van der Waals surface area contributed by atoms with Crippen LogP contribution in [0.1, 0.15) is 24.6 Å². The van der Waals surface area contributed by atoms with Crippen LogP contribution in [0.5, 0.6) is 0 Å². The third kappa shape index (κ3) is 3.80. The lowest BCUT2D eigenvalue weighted by atomic mass is 9.96. The van der Waals surface area contributed by atoms with Crippen LogP contribution < -0.4 is 0 Å². The topological polar surface area (TPSA) is 91.0 Å². The molecule has 0 bridgehead atoms. The Morgan fingerprint density at radius 3 is 2.61 bits per heavy atom. The van der Waals surface area contributed by atoms with E-state index in [9.17, 15) is 20.0 Å². The van der Waals surface area contributed by atoms with Crippen molar-refractivity contribution in [3.8, 4) is 17.3 Å². The van der Waals surface area contributed by atoms with Crippen molar-refractivity contribution in [1.29, 1.82) is 5.26 Å². The standard InChI is InChI=1S/C18H16N2O3/c1-2-17(21)15(18(22)23)10-13-7-5-9-16(20-13)14-8-4-3-6-12(14)11-19/h3-9,15H,2,10H2,1H3,(H,22,23). The molecule has 0 fully saturated rings. The van der Waals surface area contributed by atoms with Crippen molar-refractivity contribution in [1.82, 2.24) is 4.98 Å². The summed E-state index contributed by atoms with van der Waals surface area (Å²) in [6.45, 7) is 1.64. The molecule has 1 heterocycles. The Bertz CT molecular complexity index is 778. The highest BCUT2D eigenvalue weighted by atomic mass is 16.4. The summed E-state index contributed by atoms with van der Waals surface area (Å²) in [6.07, 6.45) is 0.221. The van der Waals surface area contributed by atoms with E-state index in [1.54, 1.807) is 43.3 Å². The van der Waals surface area contributed by atoms with Gasteiger partial charge in [0.05, 0.1) is 17.3 Å². The lowest BCUT2D eigenvalue weighted by molar-refractivity contribution is -0.146. The summed E-state index contributed by atoms with van der Waals surface area (Å²) in [6, 6.07) is 14.4. The summed E-state index contributed by atoms with van der Waals surface area (Å²) >= 11 is 0. The second-order valence-electron chi connectivity index (χ2n) is 5.09. The summed E-state index contributed by atoms with van der Waals surface area (Å²) in [5, 5.41) is 18.4. The van der Waals surface area contributed by atoms with Gasteiger partial charge in [-0.05, 0) is 18.2 Å². The first-order valence-corrected chi connectivity index (χ1v) is 7.27. The Balaban J connectivity index is 2.35. The molecule has 0 spiro atoms. The quantitative estimate of drug-likeness (QED) is 0.828. The van der Waals surface area contributed by atoms with E-state index < -0.39 is 11.9 Å². The number of Topliss-reactive ketones (excluding diaryl/α,β-unsaturated/α-hetero) is 1. The average molecular weight is 308 g/mol. The fourth-order valence-corrected chi connectivity index (χ4v) is 2.34. The Morgan fingerprint density at radius 2 is 1.96 bits per heavy atom. The molecule has 0 saturated carbocycles. The molecular formula is C18H16N2O3. The molecule has 0 amide bonds. The highest BCUT2D eigenvalue weighted by Gasteiger charge is 2.25. The molecule has 2 rings (SSSR count). The fourth-order valence-electron chi connectivity index (χ4n) is 2.34. The van der Waals surface area contributed by atoms with Gasteiger partial charge < -0.3 is 5.11 Å². The Hall–Kier alpha value is -3.00. The first kappa shape index (κ1) is 16.4. The van der Waals surface area contributed by atoms with Crippen LogP contribution in [0.15, 0.2) is 42.5 Å². The monoisotopic (exact) mass is 308 g/mol. The minimum absolute atomic E-state index is 0.0462. The molecule has 2 aromatic rings.